The van der Waals surface area contributed by atoms with Gasteiger partial charge in [-0.1, -0.05) is 24.3 Å². The second kappa shape index (κ2) is 2.71. The van der Waals surface area contributed by atoms with Gasteiger partial charge in [-0.15, -0.1) is 0 Å². The third kappa shape index (κ3) is 0.822. The molecule has 0 heterocycles. The van der Waals surface area contributed by atoms with E-state index in [4.69, 9.17) is 9.84 Å². The van der Waals surface area contributed by atoms with Gasteiger partial charge in [0, 0.05) is 25.6 Å². The minimum absolute atomic E-state index is 0.191. The van der Waals surface area contributed by atoms with Crippen LogP contribution in [0.25, 0.3) is 0 Å². The van der Waals surface area contributed by atoms with E-state index in [1.807, 2.05) is 0 Å². The zero-order chi connectivity index (χ0) is 8.60. The lowest BCUT2D eigenvalue weighted by Gasteiger charge is -2.48. The fraction of sp³-hybridized carbons (Fsp3) is 0.600. The molecular formula is C10H14O2. The maximum Gasteiger partial charge on any atom is 0.101 e. The van der Waals surface area contributed by atoms with E-state index in [2.05, 4.69) is 24.3 Å². The molecule has 0 amide bonds. The van der Waals surface area contributed by atoms with Crippen LogP contribution in [0.15, 0.2) is 24.3 Å². The number of allylic oxidation sites excluding steroid dienone is 1. The molecule has 2 rings (SSSR count). The van der Waals surface area contributed by atoms with Crippen LogP contribution >= 0.6 is 0 Å². The van der Waals surface area contributed by atoms with Crippen LogP contribution in [0.5, 0.6) is 0 Å². The number of rotatable bonds is 2. The first-order valence-corrected chi connectivity index (χ1v) is 4.35. The summed E-state index contributed by atoms with van der Waals surface area (Å²) in [6.45, 7) is 0.207. The number of fused-ring (bicyclic) bond motifs is 1. The Hall–Kier alpha value is -0.600. The summed E-state index contributed by atoms with van der Waals surface area (Å²) in [4.78, 5) is 0. The molecule has 2 aliphatic rings. The van der Waals surface area contributed by atoms with Crippen LogP contribution in [0.3, 0.4) is 0 Å². The average molecular weight is 166 g/mol. The van der Waals surface area contributed by atoms with E-state index in [9.17, 15) is 0 Å². The Morgan fingerprint density at radius 3 is 2.83 bits per heavy atom. The van der Waals surface area contributed by atoms with Gasteiger partial charge in [-0.05, 0) is 6.42 Å². The molecule has 0 radical (unpaired) electrons. The van der Waals surface area contributed by atoms with E-state index in [0.717, 1.165) is 6.42 Å². The molecule has 0 fully saturated rings. The molecule has 12 heavy (non-hydrogen) atoms. The van der Waals surface area contributed by atoms with E-state index in [-0.39, 0.29) is 18.1 Å². The summed E-state index contributed by atoms with van der Waals surface area (Å²) < 4.78 is 5.48. The molecule has 0 aliphatic heterocycles. The second-order valence-electron chi connectivity index (χ2n) is 3.49. The van der Waals surface area contributed by atoms with E-state index in [1.54, 1.807) is 7.11 Å². The lowest BCUT2D eigenvalue weighted by molar-refractivity contribution is -0.0725. The minimum atomic E-state index is -0.191. The van der Waals surface area contributed by atoms with E-state index >= 15 is 0 Å². The highest BCUT2D eigenvalue weighted by Gasteiger charge is 2.47. The van der Waals surface area contributed by atoms with Crippen molar-refractivity contribution in [2.75, 3.05) is 13.7 Å². The van der Waals surface area contributed by atoms with E-state index < -0.39 is 0 Å². The Morgan fingerprint density at radius 2 is 2.42 bits per heavy atom. The van der Waals surface area contributed by atoms with Crippen molar-refractivity contribution in [3.8, 4) is 0 Å². The smallest absolute Gasteiger partial charge is 0.101 e. The monoisotopic (exact) mass is 166 g/mol. The number of hydrogen-bond donors (Lipinski definition) is 1. The zero-order valence-corrected chi connectivity index (χ0v) is 7.23. The molecule has 2 nitrogen and oxygen atoms in total. The van der Waals surface area contributed by atoms with Crippen molar-refractivity contribution in [3.05, 3.63) is 24.3 Å². The summed E-state index contributed by atoms with van der Waals surface area (Å²) in [7, 11) is 1.72. The van der Waals surface area contributed by atoms with Crippen LogP contribution < -0.4 is 0 Å². The Bertz CT molecular complexity index is 232. The van der Waals surface area contributed by atoms with Gasteiger partial charge in [0.1, 0.15) is 5.60 Å². The van der Waals surface area contributed by atoms with Gasteiger partial charge in [0.15, 0.2) is 0 Å². The van der Waals surface area contributed by atoms with Crippen LogP contribution in [0.1, 0.15) is 6.42 Å². The van der Waals surface area contributed by atoms with Crippen LogP contribution in [0, 0.1) is 11.8 Å². The average Bonchev–Trinajstić information content (AvgIpc) is 2.07. The molecular weight excluding hydrogens is 152 g/mol. The molecule has 0 unspecified atom stereocenters. The Kier molecular flexibility index (Phi) is 1.81. The summed E-state index contributed by atoms with van der Waals surface area (Å²) in [5.74, 6) is 0.621. The number of ether oxygens (including phenoxy) is 1. The lowest BCUT2D eigenvalue weighted by Crippen LogP contribution is -2.51. The standard InChI is InChI=1S/C10H14O2/c1-12-10-6-5-8(10)3-2-4-9(10)7-11/h2-3,5-6,8-9,11H,4,7H2,1H3/t8-,9+,10-/m1/s1. The summed E-state index contributed by atoms with van der Waals surface area (Å²) in [5.41, 5.74) is -0.191. The maximum absolute atomic E-state index is 9.16. The van der Waals surface area contributed by atoms with Gasteiger partial charge < -0.3 is 9.84 Å². The van der Waals surface area contributed by atoms with Crippen LogP contribution in [0.2, 0.25) is 0 Å². The molecule has 3 atom stereocenters. The molecule has 0 saturated heterocycles. The molecule has 2 heteroatoms. The van der Waals surface area contributed by atoms with Crippen molar-refractivity contribution in [2.45, 2.75) is 12.0 Å². The fourth-order valence-corrected chi connectivity index (χ4v) is 2.18. The molecule has 0 saturated carbocycles. The summed E-state index contributed by atoms with van der Waals surface area (Å²) >= 11 is 0. The van der Waals surface area contributed by atoms with E-state index in [1.165, 1.54) is 0 Å². The summed E-state index contributed by atoms with van der Waals surface area (Å²) in [6.07, 6.45) is 9.41. The SMILES string of the molecule is CO[C@]12C=C[C@H]1C=CC[C@H]2CO. The highest BCUT2D eigenvalue weighted by Crippen LogP contribution is 2.45. The number of aliphatic hydroxyl groups excluding tert-OH is 1. The van der Waals surface area contributed by atoms with Gasteiger partial charge in [0.25, 0.3) is 0 Å². The molecule has 0 aromatic heterocycles. The van der Waals surface area contributed by atoms with Crippen LogP contribution in [0.4, 0.5) is 0 Å². The van der Waals surface area contributed by atoms with Crippen molar-refractivity contribution >= 4 is 0 Å². The summed E-state index contributed by atoms with van der Waals surface area (Å²) in [5, 5.41) is 9.16. The maximum atomic E-state index is 9.16. The van der Waals surface area contributed by atoms with Gasteiger partial charge in [-0.2, -0.15) is 0 Å². The third-order valence-corrected chi connectivity index (χ3v) is 3.06. The van der Waals surface area contributed by atoms with Crippen molar-refractivity contribution in [1.29, 1.82) is 0 Å². The Morgan fingerprint density at radius 1 is 1.58 bits per heavy atom. The highest BCUT2D eigenvalue weighted by atomic mass is 16.5. The topological polar surface area (TPSA) is 29.5 Å². The molecule has 0 aromatic rings. The molecule has 2 aliphatic carbocycles. The quantitative estimate of drug-likeness (QED) is 0.623. The predicted molar refractivity (Wildman–Crippen MR) is 46.7 cm³/mol. The van der Waals surface area contributed by atoms with Crippen molar-refractivity contribution < 1.29 is 9.84 Å². The third-order valence-electron chi connectivity index (χ3n) is 3.06. The number of aliphatic hydroxyl groups is 1. The minimum Gasteiger partial charge on any atom is -0.396 e. The second-order valence-corrected chi connectivity index (χ2v) is 3.49. The van der Waals surface area contributed by atoms with Gasteiger partial charge in [0.2, 0.25) is 0 Å². The predicted octanol–water partition coefficient (Wildman–Crippen LogP) is 1.13. The number of methoxy groups -OCH3 is 1. The highest BCUT2D eigenvalue weighted by molar-refractivity contribution is 5.31. The van der Waals surface area contributed by atoms with Gasteiger partial charge >= 0.3 is 0 Å². The first-order valence-electron chi connectivity index (χ1n) is 4.35. The lowest BCUT2D eigenvalue weighted by atomic mass is 9.65. The zero-order valence-electron chi connectivity index (χ0n) is 7.23. The van der Waals surface area contributed by atoms with Gasteiger partial charge in [0.05, 0.1) is 0 Å². The molecule has 1 N–H and O–H groups in total. The number of hydrogen-bond acceptors (Lipinski definition) is 2. The fourth-order valence-electron chi connectivity index (χ4n) is 2.18. The first kappa shape index (κ1) is 8.02. The van der Waals surface area contributed by atoms with Crippen LogP contribution in [-0.4, -0.2) is 24.4 Å². The largest absolute Gasteiger partial charge is 0.396 e. The summed E-state index contributed by atoms with van der Waals surface area (Å²) in [6, 6.07) is 0. The molecule has 0 bridgehead atoms. The van der Waals surface area contributed by atoms with Crippen LogP contribution in [-0.2, 0) is 4.74 Å². The van der Waals surface area contributed by atoms with E-state index in [0.29, 0.717) is 5.92 Å². The normalized spacial score (nSPS) is 43.8. The molecule has 0 spiro atoms. The first-order chi connectivity index (χ1) is 5.83. The van der Waals surface area contributed by atoms with Crippen molar-refractivity contribution in [3.63, 3.8) is 0 Å². The van der Waals surface area contributed by atoms with Crippen molar-refractivity contribution in [2.24, 2.45) is 11.8 Å². The van der Waals surface area contributed by atoms with Gasteiger partial charge in [-0.25, -0.2) is 0 Å². The Labute approximate surface area is 72.5 Å². The molecule has 66 valence electrons. The Balaban J connectivity index is 2.27. The molecule has 0 aromatic carbocycles. The van der Waals surface area contributed by atoms with Gasteiger partial charge in [-0.3, -0.25) is 0 Å². The van der Waals surface area contributed by atoms with Crippen molar-refractivity contribution in [1.82, 2.24) is 0 Å².